The van der Waals surface area contributed by atoms with Crippen molar-refractivity contribution in [3.63, 3.8) is 0 Å². The molecule has 3 nitrogen and oxygen atoms in total. The van der Waals surface area contributed by atoms with Gasteiger partial charge in [0, 0.05) is 51.1 Å². The average molecular weight is 424 g/mol. The number of benzene rings is 2. The summed E-state index contributed by atoms with van der Waals surface area (Å²) in [4.78, 5) is 7.53. The van der Waals surface area contributed by atoms with Crippen LogP contribution in [0.1, 0.15) is 28.7 Å². The summed E-state index contributed by atoms with van der Waals surface area (Å²) in [7, 11) is 2.20. The lowest BCUT2D eigenvalue weighted by Crippen LogP contribution is -2.46. The summed E-state index contributed by atoms with van der Waals surface area (Å²) >= 11 is 1.87. The predicted molar refractivity (Wildman–Crippen MR) is 135 cm³/mol. The topological polar surface area (TPSA) is 9.72 Å². The van der Waals surface area contributed by atoms with Crippen molar-refractivity contribution in [2.75, 3.05) is 55.2 Å². The summed E-state index contributed by atoms with van der Waals surface area (Å²) in [5.41, 5.74) is 8.42. The van der Waals surface area contributed by atoms with E-state index in [1.54, 1.807) is 0 Å². The molecule has 30 heavy (non-hydrogen) atoms. The highest BCUT2D eigenvalue weighted by Gasteiger charge is 2.19. The molecule has 0 aliphatic carbocycles. The van der Waals surface area contributed by atoms with Crippen LogP contribution < -0.4 is 9.80 Å². The summed E-state index contributed by atoms with van der Waals surface area (Å²) in [6.07, 6.45) is 6.27. The lowest BCUT2D eigenvalue weighted by atomic mass is 10.0. The molecule has 0 amide bonds. The molecule has 1 aliphatic rings. The minimum atomic E-state index is 1.01. The Labute approximate surface area is 187 Å². The standard InChI is InChI=1S/C26H37N3S/c1-6-7-10-24-13-12-23(18-26(24)27(4)20-30-5)19-28-14-16-29(17-15-28)25-11-8-9-21(2)22(25)3/h6,8-9,11-13,18H,1,7,10,14-17,19-20H2,2-5H3. The molecule has 2 aromatic carbocycles. The van der Waals surface area contributed by atoms with E-state index in [9.17, 15) is 0 Å². The molecule has 0 radical (unpaired) electrons. The molecule has 0 unspecified atom stereocenters. The normalized spacial score (nSPS) is 14.7. The Hall–Kier alpha value is -1.91. The molecule has 1 saturated heterocycles. The van der Waals surface area contributed by atoms with Crippen LogP contribution in [0.3, 0.4) is 0 Å². The molecule has 0 spiro atoms. The lowest BCUT2D eigenvalue weighted by Gasteiger charge is -2.37. The van der Waals surface area contributed by atoms with Crippen LogP contribution in [-0.4, -0.2) is 50.3 Å². The second-order valence-corrected chi connectivity index (χ2v) is 9.22. The predicted octanol–water partition coefficient (Wildman–Crippen LogP) is 5.50. The molecule has 1 aliphatic heterocycles. The smallest absolute Gasteiger partial charge is 0.0633 e. The minimum Gasteiger partial charge on any atom is -0.369 e. The minimum absolute atomic E-state index is 1.01. The van der Waals surface area contributed by atoms with Crippen LogP contribution in [0, 0.1) is 13.8 Å². The van der Waals surface area contributed by atoms with Gasteiger partial charge < -0.3 is 9.80 Å². The maximum Gasteiger partial charge on any atom is 0.0633 e. The van der Waals surface area contributed by atoms with Gasteiger partial charge >= 0.3 is 0 Å². The molecule has 0 saturated carbocycles. The Balaban J connectivity index is 1.66. The number of aryl methyl sites for hydroxylation is 2. The number of anilines is 2. The largest absolute Gasteiger partial charge is 0.369 e. The van der Waals surface area contributed by atoms with E-state index in [1.165, 1.54) is 33.6 Å². The van der Waals surface area contributed by atoms with Gasteiger partial charge in [-0.1, -0.05) is 30.3 Å². The monoisotopic (exact) mass is 423 g/mol. The first-order chi connectivity index (χ1) is 14.5. The third-order valence-electron chi connectivity index (χ3n) is 6.20. The molecule has 4 heteroatoms. The van der Waals surface area contributed by atoms with Crippen molar-refractivity contribution >= 4 is 23.1 Å². The molecule has 3 rings (SSSR count). The molecule has 0 atom stereocenters. The Morgan fingerprint density at radius 2 is 1.87 bits per heavy atom. The van der Waals surface area contributed by atoms with Gasteiger partial charge in [0.15, 0.2) is 0 Å². The second-order valence-electron chi connectivity index (χ2n) is 8.39. The van der Waals surface area contributed by atoms with Crippen LogP contribution >= 0.6 is 11.8 Å². The van der Waals surface area contributed by atoms with E-state index in [0.717, 1.165) is 51.4 Å². The third-order valence-corrected chi connectivity index (χ3v) is 6.84. The average Bonchev–Trinajstić information content (AvgIpc) is 2.75. The van der Waals surface area contributed by atoms with E-state index in [-0.39, 0.29) is 0 Å². The van der Waals surface area contributed by atoms with Crippen LogP contribution in [0.25, 0.3) is 0 Å². The SMILES string of the molecule is C=CCCc1ccc(CN2CCN(c3cccc(C)c3C)CC2)cc1N(C)CSC. The number of hydrogen-bond acceptors (Lipinski definition) is 4. The number of rotatable bonds is 9. The van der Waals surface area contributed by atoms with Crippen LogP contribution in [0.5, 0.6) is 0 Å². The molecule has 1 heterocycles. The first-order valence-electron chi connectivity index (χ1n) is 11.0. The number of nitrogens with zero attached hydrogens (tertiary/aromatic N) is 3. The van der Waals surface area contributed by atoms with E-state index in [0.29, 0.717) is 0 Å². The molecule has 1 fully saturated rings. The van der Waals surface area contributed by atoms with Gasteiger partial charge in [-0.25, -0.2) is 0 Å². The van der Waals surface area contributed by atoms with Gasteiger partial charge in [0.2, 0.25) is 0 Å². The quantitative estimate of drug-likeness (QED) is 0.389. The molecule has 0 N–H and O–H groups in total. The van der Waals surface area contributed by atoms with Crippen molar-refractivity contribution in [1.29, 1.82) is 0 Å². The molecule has 162 valence electrons. The zero-order chi connectivity index (χ0) is 21.5. The van der Waals surface area contributed by atoms with Crippen LogP contribution in [-0.2, 0) is 13.0 Å². The Morgan fingerprint density at radius 3 is 2.57 bits per heavy atom. The van der Waals surface area contributed by atoms with E-state index < -0.39 is 0 Å². The maximum absolute atomic E-state index is 3.89. The number of allylic oxidation sites excluding steroid dienone is 1. The van der Waals surface area contributed by atoms with Gasteiger partial charge in [-0.05, 0) is 67.3 Å². The van der Waals surface area contributed by atoms with Crippen molar-refractivity contribution in [2.24, 2.45) is 0 Å². The van der Waals surface area contributed by atoms with Crippen molar-refractivity contribution in [3.8, 4) is 0 Å². The summed E-state index contributed by atoms with van der Waals surface area (Å²) in [6, 6.07) is 13.7. The van der Waals surface area contributed by atoms with E-state index in [4.69, 9.17) is 0 Å². The van der Waals surface area contributed by atoms with Gasteiger partial charge in [-0.2, -0.15) is 0 Å². The van der Waals surface area contributed by atoms with Gasteiger partial charge in [-0.15, -0.1) is 18.3 Å². The van der Waals surface area contributed by atoms with Gasteiger partial charge in [0.05, 0.1) is 5.88 Å². The van der Waals surface area contributed by atoms with E-state index in [1.807, 2.05) is 17.8 Å². The van der Waals surface area contributed by atoms with Gasteiger partial charge in [0.25, 0.3) is 0 Å². The second kappa shape index (κ2) is 10.9. The van der Waals surface area contributed by atoms with Gasteiger partial charge in [-0.3, -0.25) is 4.90 Å². The molecule has 0 bridgehead atoms. The summed E-state index contributed by atoms with van der Waals surface area (Å²) in [5, 5.41) is 0. The molecule has 2 aromatic rings. The van der Waals surface area contributed by atoms with Crippen molar-refractivity contribution in [2.45, 2.75) is 33.2 Å². The molecule has 0 aromatic heterocycles. The summed E-state index contributed by atoms with van der Waals surface area (Å²) in [6.45, 7) is 13.8. The van der Waals surface area contributed by atoms with Crippen molar-refractivity contribution < 1.29 is 0 Å². The number of piperazine rings is 1. The Bertz CT molecular complexity index is 840. The van der Waals surface area contributed by atoms with Crippen molar-refractivity contribution in [3.05, 3.63) is 71.3 Å². The highest BCUT2D eigenvalue weighted by Crippen LogP contribution is 2.27. The van der Waals surface area contributed by atoms with Crippen LogP contribution in [0.15, 0.2) is 49.1 Å². The van der Waals surface area contributed by atoms with Crippen LogP contribution in [0.2, 0.25) is 0 Å². The van der Waals surface area contributed by atoms with Crippen LogP contribution in [0.4, 0.5) is 11.4 Å². The fourth-order valence-electron chi connectivity index (χ4n) is 4.28. The van der Waals surface area contributed by atoms with E-state index in [2.05, 4.69) is 84.8 Å². The van der Waals surface area contributed by atoms with Gasteiger partial charge in [0.1, 0.15) is 0 Å². The fraction of sp³-hybridized carbons (Fsp3) is 0.462. The first kappa shape index (κ1) is 22.8. The number of hydrogen-bond donors (Lipinski definition) is 0. The number of thioether (sulfide) groups is 1. The zero-order valence-electron chi connectivity index (χ0n) is 19.2. The summed E-state index contributed by atoms with van der Waals surface area (Å²) < 4.78 is 0. The molecular formula is C26H37N3S. The zero-order valence-corrected chi connectivity index (χ0v) is 20.0. The highest BCUT2D eigenvalue weighted by atomic mass is 32.2. The Morgan fingerprint density at radius 1 is 1.10 bits per heavy atom. The molecular weight excluding hydrogens is 386 g/mol. The maximum atomic E-state index is 3.89. The first-order valence-corrected chi connectivity index (χ1v) is 12.4. The fourth-order valence-corrected chi connectivity index (χ4v) is 4.80. The van der Waals surface area contributed by atoms with Crippen molar-refractivity contribution in [1.82, 2.24) is 4.90 Å². The van der Waals surface area contributed by atoms with E-state index >= 15 is 0 Å². The third kappa shape index (κ3) is 5.61. The Kier molecular flexibility index (Phi) is 8.29. The highest BCUT2D eigenvalue weighted by molar-refractivity contribution is 7.98. The lowest BCUT2D eigenvalue weighted by molar-refractivity contribution is 0.250. The summed E-state index contributed by atoms with van der Waals surface area (Å²) in [5.74, 6) is 1.01.